The molecule has 158 valence electrons. The van der Waals surface area contributed by atoms with E-state index in [1.54, 1.807) is 0 Å². The van der Waals surface area contributed by atoms with Crippen LogP contribution in [0.4, 0.5) is 18.9 Å². The molecule has 0 radical (unpaired) electrons. The lowest BCUT2D eigenvalue weighted by molar-refractivity contribution is -0.141. The Morgan fingerprint density at radius 2 is 2.00 bits per heavy atom. The highest BCUT2D eigenvalue weighted by Gasteiger charge is 2.36. The number of benzene rings is 1. The number of nitrogens with two attached hydrogens (primary N) is 1. The van der Waals surface area contributed by atoms with Crippen molar-refractivity contribution in [1.82, 2.24) is 14.8 Å². The molecule has 3 rings (SSSR count). The molecule has 2 aromatic heterocycles. The zero-order chi connectivity index (χ0) is 22.9. The molecule has 3 N–H and O–H groups in total. The van der Waals surface area contributed by atoms with Crippen LogP contribution in [0.1, 0.15) is 37.7 Å². The number of hydrogen-bond donors (Lipinski definition) is 2. The lowest BCUT2D eigenvalue weighted by atomic mass is 10.0. The summed E-state index contributed by atoms with van der Waals surface area (Å²) in [7, 11) is 0. The lowest BCUT2D eigenvalue weighted by Crippen LogP contribution is -2.22. The van der Waals surface area contributed by atoms with Gasteiger partial charge >= 0.3 is 6.18 Å². The molecule has 0 atom stereocenters. The highest BCUT2D eigenvalue weighted by Crippen LogP contribution is 2.31. The van der Waals surface area contributed by atoms with Crippen molar-refractivity contribution >= 4 is 29.1 Å². The number of hydrogen-bond acceptors (Lipinski definition) is 5. The number of primary amides is 1. The van der Waals surface area contributed by atoms with E-state index in [2.05, 4.69) is 15.4 Å². The molecule has 0 aliphatic carbocycles. The number of halogens is 4. The van der Waals surface area contributed by atoms with Gasteiger partial charge in [0.25, 0.3) is 11.8 Å². The van der Waals surface area contributed by atoms with E-state index in [-0.39, 0.29) is 27.7 Å². The molecule has 0 aliphatic rings. The van der Waals surface area contributed by atoms with Gasteiger partial charge in [0.15, 0.2) is 11.5 Å². The van der Waals surface area contributed by atoms with Gasteiger partial charge in [-0.15, -0.1) is 0 Å². The SMILES string of the molecule is Cc1cc(C#N)cc(C(N)=O)c1NC(=O)c1cc(C(F)(F)F)nn1-c1ncccc1Cl. The van der Waals surface area contributed by atoms with Gasteiger partial charge in [-0.1, -0.05) is 11.6 Å². The van der Waals surface area contributed by atoms with Crippen LogP contribution in [0.15, 0.2) is 36.5 Å². The van der Waals surface area contributed by atoms with Gasteiger partial charge in [-0.3, -0.25) is 9.59 Å². The van der Waals surface area contributed by atoms with Crippen molar-refractivity contribution in [2.24, 2.45) is 5.73 Å². The minimum Gasteiger partial charge on any atom is -0.366 e. The number of amides is 2. The number of nitrogens with zero attached hydrogens (tertiary/aromatic N) is 4. The number of carbonyl (C=O) groups is 2. The van der Waals surface area contributed by atoms with E-state index < -0.39 is 29.4 Å². The van der Waals surface area contributed by atoms with Gasteiger partial charge in [0.2, 0.25) is 0 Å². The van der Waals surface area contributed by atoms with E-state index in [1.165, 1.54) is 37.4 Å². The minimum atomic E-state index is -4.84. The predicted octanol–water partition coefficient (Wildman–Crippen LogP) is 3.47. The molecule has 2 heterocycles. The number of aryl methyl sites for hydroxylation is 1. The highest BCUT2D eigenvalue weighted by molar-refractivity contribution is 6.32. The summed E-state index contributed by atoms with van der Waals surface area (Å²) in [6.45, 7) is 1.50. The topological polar surface area (TPSA) is 127 Å². The first kappa shape index (κ1) is 21.8. The van der Waals surface area contributed by atoms with Gasteiger partial charge in [-0.2, -0.15) is 23.5 Å². The zero-order valence-corrected chi connectivity index (χ0v) is 16.4. The van der Waals surface area contributed by atoms with Crippen molar-refractivity contribution in [2.75, 3.05) is 5.32 Å². The molecule has 0 unspecified atom stereocenters. The Hall–Kier alpha value is -3.91. The van der Waals surface area contributed by atoms with Crippen molar-refractivity contribution < 1.29 is 22.8 Å². The second-order valence-electron chi connectivity index (χ2n) is 6.28. The molecule has 0 fully saturated rings. The molecule has 8 nitrogen and oxygen atoms in total. The normalized spacial score (nSPS) is 11.1. The molecule has 31 heavy (non-hydrogen) atoms. The summed E-state index contributed by atoms with van der Waals surface area (Å²) in [5, 5.41) is 14.8. The third-order valence-electron chi connectivity index (χ3n) is 4.14. The fraction of sp³-hybridized carbons (Fsp3) is 0.105. The Labute approximate surface area is 178 Å². The van der Waals surface area contributed by atoms with Crippen molar-refractivity contribution in [1.29, 1.82) is 5.26 Å². The van der Waals surface area contributed by atoms with Crippen molar-refractivity contribution in [2.45, 2.75) is 13.1 Å². The van der Waals surface area contributed by atoms with Crippen LogP contribution in [-0.2, 0) is 6.18 Å². The largest absolute Gasteiger partial charge is 0.435 e. The average molecular weight is 449 g/mol. The third kappa shape index (κ3) is 4.34. The Morgan fingerprint density at radius 1 is 1.29 bits per heavy atom. The van der Waals surface area contributed by atoms with Crippen LogP contribution < -0.4 is 11.1 Å². The second kappa shape index (κ2) is 8.08. The van der Waals surface area contributed by atoms with Gasteiger partial charge in [0.1, 0.15) is 5.69 Å². The molecule has 1 aromatic carbocycles. The van der Waals surface area contributed by atoms with E-state index in [9.17, 15) is 22.8 Å². The first-order valence-electron chi connectivity index (χ1n) is 8.47. The van der Waals surface area contributed by atoms with E-state index in [0.29, 0.717) is 16.3 Å². The van der Waals surface area contributed by atoms with Gasteiger partial charge in [-0.25, -0.2) is 9.67 Å². The minimum absolute atomic E-state index is 0.0410. The Balaban J connectivity index is 2.13. The van der Waals surface area contributed by atoms with Crippen LogP contribution in [0.3, 0.4) is 0 Å². The van der Waals surface area contributed by atoms with Crippen molar-refractivity contribution in [3.8, 4) is 11.9 Å². The second-order valence-corrected chi connectivity index (χ2v) is 6.69. The maximum Gasteiger partial charge on any atom is 0.435 e. The van der Waals surface area contributed by atoms with E-state index in [4.69, 9.17) is 22.6 Å². The lowest BCUT2D eigenvalue weighted by Gasteiger charge is -2.13. The number of aromatic nitrogens is 3. The number of carbonyl (C=O) groups excluding carboxylic acids is 2. The molecule has 3 aromatic rings. The van der Waals surface area contributed by atoms with E-state index in [1.807, 2.05) is 6.07 Å². The van der Waals surface area contributed by atoms with Crippen LogP contribution in [0.5, 0.6) is 0 Å². The number of nitriles is 1. The van der Waals surface area contributed by atoms with Crippen LogP contribution >= 0.6 is 11.6 Å². The maximum atomic E-state index is 13.3. The third-order valence-corrected chi connectivity index (χ3v) is 4.44. The molecule has 0 spiro atoms. The fourth-order valence-corrected chi connectivity index (χ4v) is 2.97. The van der Waals surface area contributed by atoms with Crippen LogP contribution in [-0.4, -0.2) is 26.6 Å². The Kier molecular flexibility index (Phi) is 5.68. The predicted molar refractivity (Wildman–Crippen MR) is 104 cm³/mol. The number of alkyl halides is 3. The zero-order valence-electron chi connectivity index (χ0n) is 15.7. The summed E-state index contributed by atoms with van der Waals surface area (Å²) in [5.74, 6) is -2.16. The summed E-state index contributed by atoms with van der Waals surface area (Å²) in [6.07, 6.45) is -3.57. The van der Waals surface area contributed by atoms with Gasteiger partial charge in [-0.05, 0) is 36.8 Å². The molecule has 0 aliphatic heterocycles. The quantitative estimate of drug-likeness (QED) is 0.631. The molecular weight excluding hydrogens is 437 g/mol. The van der Waals surface area contributed by atoms with E-state index >= 15 is 0 Å². The van der Waals surface area contributed by atoms with Gasteiger partial charge < -0.3 is 11.1 Å². The Morgan fingerprint density at radius 3 is 2.58 bits per heavy atom. The fourth-order valence-electron chi connectivity index (χ4n) is 2.77. The first-order chi connectivity index (χ1) is 14.5. The molecule has 0 saturated carbocycles. The van der Waals surface area contributed by atoms with Crippen molar-refractivity contribution in [3.05, 3.63) is 69.6 Å². The summed E-state index contributed by atoms with van der Waals surface area (Å²) in [4.78, 5) is 28.6. The number of anilines is 1. The number of nitrogens with one attached hydrogen (secondary N) is 1. The number of pyridine rings is 1. The first-order valence-corrected chi connectivity index (χ1v) is 8.84. The average Bonchev–Trinajstić information content (AvgIpc) is 3.15. The smallest absolute Gasteiger partial charge is 0.366 e. The molecule has 2 amide bonds. The van der Waals surface area contributed by atoms with E-state index in [0.717, 1.165) is 0 Å². The molecular formula is C19H12ClF3N6O2. The Bertz CT molecular complexity index is 1250. The highest BCUT2D eigenvalue weighted by atomic mass is 35.5. The molecule has 0 saturated heterocycles. The monoisotopic (exact) mass is 448 g/mol. The van der Waals surface area contributed by atoms with Crippen LogP contribution in [0.25, 0.3) is 5.82 Å². The standard InChI is InChI=1S/C19H12ClF3N6O2/c1-9-5-10(8-24)6-11(16(25)30)15(9)27-18(31)13-7-14(19(21,22)23)28-29(13)17-12(20)3-2-4-26-17/h2-7H,1H3,(H2,25,30)(H,27,31). The summed E-state index contributed by atoms with van der Waals surface area (Å²) in [5.41, 5.74) is 3.65. The van der Waals surface area contributed by atoms with Crippen molar-refractivity contribution in [3.63, 3.8) is 0 Å². The summed E-state index contributed by atoms with van der Waals surface area (Å²) >= 11 is 6.02. The van der Waals surface area contributed by atoms with Crippen LogP contribution in [0, 0.1) is 18.3 Å². The van der Waals surface area contributed by atoms with Gasteiger partial charge in [0.05, 0.1) is 27.9 Å². The van der Waals surface area contributed by atoms with Crippen LogP contribution in [0.2, 0.25) is 5.02 Å². The maximum absolute atomic E-state index is 13.3. The molecule has 0 bridgehead atoms. The summed E-state index contributed by atoms with van der Waals surface area (Å²) < 4.78 is 40.4. The summed E-state index contributed by atoms with van der Waals surface area (Å²) in [6, 6.07) is 7.76. The number of rotatable bonds is 4. The molecule has 12 heteroatoms. The van der Waals surface area contributed by atoms with Gasteiger partial charge in [0, 0.05) is 12.3 Å².